The van der Waals surface area contributed by atoms with Crippen LogP contribution in [0.15, 0.2) is 17.8 Å². The maximum absolute atomic E-state index is 12.6. The van der Waals surface area contributed by atoms with E-state index in [1.165, 1.54) is 6.08 Å². The highest BCUT2D eigenvalue weighted by molar-refractivity contribution is 5.78. The van der Waals surface area contributed by atoms with Crippen molar-refractivity contribution in [1.82, 2.24) is 5.32 Å². The lowest BCUT2D eigenvalue weighted by Crippen LogP contribution is -2.64. The van der Waals surface area contributed by atoms with E-state index in [9.17, 15) is 19.8 Å². The van der Waals surface area contributed by atoms with E-state index < -0.39 is 60.3 Å². The lowest BCUT2D eigenvalue weighted by atomic mass is 9.82. The Morgan fingerprint density at radius 1 is 1.45 bits per heavy atom. The van der Waals surface area contributed by atoms with Crippen molar-refractivity contribution in [1.29, 1.82) is 0 Å². The number of nitrogens with one attached hydrogen (secondary N) is 1. The van der Waals surface area contributed by atoms with Crippen LogP contribution in [-0.2, 0) is 23.7 Å². The van der Waals surface area contributed by atoms with Crippen molar-refractivity contribution < 1.29 is 38.7 Å². The number of azide groups is 1. The van der Waals surface area contributed by atoms with E-state index in [2.05, 4.69) is 21.9 Å². The number of aliphatic hydroxyl groups is 2. The highest BCUT2D eigenvalue weighted by atomic mass is 16.7. The summed E-state index contributed by atoms with van der Waals surface area (Å²) in [5.74, 6) is -3.48. The summed E-state index contributed by atoms with van der Waals surface area (Å²) in [5, 5.41) is 26.8. The normalized spacial score (nSPS) is 27.9. The number of aliphatic hydroxyl groups excluding tert-OH is 2. The number of esters is 1. The Morgan fingerprint density at radius 3 is 2.61 bits per heavy atom. The van der Waals surface area contributed by atoms with Crippen molar-refractivity contribution >= 4 is 12.1 Å². The van der Waals surface area contributed by atoms with Gasteiger partial charge in [-0.3, -0.25) is 0 Å². The van der Waals surface area contributed by atoms with Gasteiger partial charge < -0.3 is 34.5 Å². The van der Waals surface area contributed by atoms with Crippen molar-refractivity contribution in [2.75, 3.05) is 20.3 Å². The monoisotopic (exact) mass is 444 g/mol. The van der Waals surface area contributed by atoms with Crippen molar-refractivity contribution in [3.8, 4) is 0 Å². The fraction of sp³-hybridized carbons (Fsp3) is 0.789. The summed E-state index contributed by atoms with van der Waals surface area (Å²) in [6, 6.07) is -0.765. The molecule has 1 rings (SSSR count). The molecule has 0 spiro atoms. The lowest BCUT2D eigenvalue weighted by molar-refractivity contribution is -0.303. The van der Waals surface area contributed by atoms with Gasteiger partial charge in [-0.2, -0.15) is 0 Å². The molecule has 1 fully saturated rings. The molecule has 176 valence electrons. The molecule has 0 radical (unpaired) electrons. The van der Waals surface area contributed by atoms with Gasteiger partial charge in [-0.1, -0.05) is 18.1 Å². The van der Waals surface area contributed by atoms with Crippen LogP contribution in [0.1, 0.15) is 34.1 Å². The third kappa shape index (κ3) is 7.37. The first kappa shape index (κ1) is 26.7. The molecule has 3 N–H and O–H groups in total. The Labute approximate surface area is 181 Å². The van der Waals surface area contributed by atoms with Crippen LogP contribution in [0.2, 0.25) is 0 Å². The van der Waals surface area contributed by atoms with Crippen LogP contribution in [0.4, 0.5) is 4.79 Å². The van der Waals surface area contributed by atoms with Crippen molar-refractivity contribution in [3.05, 3.63) is 23.1 Å². The summed E-state index contributed by atoms with van der Waals surface area (Å²) in [6.07, 6.45) is -3.75. The van der Waals surface area contributed by atoms with Gasteiger partial charge >= 0.3 is 12.1 Å². The first-order valence-corrected chi connectivity index (χ1v) is 9.78. The molecule has 0 aromatic rings. The predicted molar refractivity (Wildman–Crippen MR) is 109 cm³/mol. The third-order valence-electron chi connectivity index (χ3n) is 4.66. The molecule has 0 aliphatic carbocycles. The molecule has 0 aromatic heterocycles. The predicted octanol–water partition coefficient (Wildman–Crippen LogP) is 1.41. The molecule has 31 heavy (non-hydrogen) atoms. The largest absolute Gasteiger partial charge is 0.465 e. The highest BCUT2D eigenvalue weighted by Gasteiger charge is 2.55. The Morgan fingerprint density at radius 2 is 2.10 bits per heavy atom. The fourth-order valence-corrected chi connectivity index (χ4v) is 3.18. The van der Waals surface area contributed by atoms with Crippen LogP contribution in [0.5, 0.6) is 0 Å². The van der Waals surface area contributed by atoms with Crippen LogP contribution < -0.4 is 5.32 Å². The quantitative estimate of drug-likeness (QED) is 0.157. The molecule has 12 nitrogen and oxygen atoms in total. The molecule has 1 heterocycles. The summed E-state index contributed by atoms with van der Waals surface area (Å²) in [5.41, 5.74) is 7.70. The van der Waals surface area contributed by atoms with E-state index in [0.717, 1.165) is 7.11 Å². The minimum Gasteiger partial charge on any atom is -0.465 e. The van der Waals surface area contributed by atoms with Gasteiger partial charge in [0, 0.05) is 23.3 Å². The molecular formula is C19H32N4O8. The summed E-state index contributed by atoms with van der Waals surface area (Å²) in [7, 11) is 1.14. The number of methoxy groups -OCH3 is 1. The van der Waals surface area contributed by atoms with Gasteiger partial charge in [0.25, 0.3) is 5.79 Å². The smallest absolute Gasteiger partial charge is 0.407 e. The SMILES string of the molecule is C=CCO[C@]1(C(=O)OC)C[C@@H](NC(=O)OC(C)(C)C)[C@@H](C)C([C@H](O)[C@H](O)CN=[N+]=[N-])O1. The van der Waals surface area contributed by atoms with Gasteiger partial charge in [0.15, 0.2) is 0 Å². The molecule has 1 saturated heterocycles. The maximum atomic E-state index is 12.6. The molecule has 0 saturated carbocycles. The molecule has 0 aromatic carbocycles. The Bertz CT molecular complexity index is 691. The van der Waals surface area contributed by atoms with Gasteiger partial charge in [-0.15, -0.1) is 6.58 Å². The third-order valence-corrected chi connectivity index (χ3v) is 4.66. The van der Waals surface area contributed by atoms with Gasteiger partial charge in [0.05, 0.1) is 32.5 Å². The maximum Gasteiger partial charge on any atom is 0.407 e. The number of rotatable bonds is 9. The Kier molecular flexibility index (Phi) is 9.72. The van der Waals surface area contributed by atoms with E-state index >= 15 is 0 Å². The van der Waals surface area contributed by atoms with E-state index in [0.29, 0.717) is 0 Å². The summed E-state index contributed by atoms with van der Waals surface area (Å²) in [4.78, 5) is 27.5. The number of nitrogens with zero attached hydrogens (tertiary/aromatic N) is 3. The molecule has 0 bridgehead atoms. The molecular weight excluding hydrogens is 412 g/mol. The van der Waals surface area contributed by atoms with Gasteiger partial charge in [0.2, 0.25) is 0 Å². The number of carbonyl (C=O) groups is 2. The van der Waals surface area contributed by atoms with Crippen LogP contribution in [0.3, 0.4) is 0 Å². The second kappa shape index (κ2) is 11.3. The molecule has 12 heteroatoms. The van der Waals surface area contributed by atoms with Crippen molar-refractivity contribution in [2.24, 2.45) is 11.0 Å². The van der Waals surface area contributed by atoms with E-state index in [1.807, 2.05) is 0 Å². The summed E-state index contributed by atoms with van der Waals surface area (Å²) >= 11 is 0. The minimum atomic E-state index is -1.99. The van der Waals surface area contributed by atoms with Gasteiger partial charge in [-0.25, -0.2) is 9.59 Å². The standard InChI is InChI=1S/C19H32N4O8/c1-7-8-29-19(16(26)28-6)9-12(22-17(27)31-18(3,4)5)11(2)15(30-19)14(25)13(24)10-21-23-20/h7,11-15,24-25H,1,8-10H2,2-6H3,(H,22,27)/t11-,12-,13-,14-,15?,19-/m1/s1. The summed E-state index contributed by atoms with van der Waals surface area (Å²) in [6.45, 7) is 9.78. The van der Waals surface area contributed by atoms with Crippen LogP contribution in [0, 0.1) is 5.92 Å². The Balaban J connectivity index is 3.28. The molecule has 1 aliphatic heterocycles. The molecule has 1 unspecified atom stereocenters. The molecule has 6 atom stereocenters. The number of ether oxygens (including phenoxy) is 4. The number of alkyl carbamates (subject to hydrolysis) is 1. The summed E-state index contributed by atoms with van der Waals surface area (Å²) < 4.78 is 21.6. The molecule has 1 amide bonds. The van der Waals surface area contributed by atoms with E-state index in [1.54, 1.807) is 27.7 Å². The number of carbonyl (C=O) groups excluding carboxylic acids is 2. The topological polar surface area (TPSA) is 172 Å². The Hall–Kier alpha value is -2.37. The zero-order valence-corrected chi connectivity index (χ0v) is 18.5. The van der Waals surface area contributed by atoms with E-state index in [-0.39, 0.29) is 13.0 Å². The fourth-order valence-electron chi connectivity index (χ4n) is 3.18. The second-order valence-electron chi connectivity index (χ2n) is 8.21. The van der Waals surface area contributed by atoms with E-state index in [4.69, 9.17) is 24.5 Å². The van der Waals surface area contributed by atoms with Crippen LogP contribution in [0.25, 0.3) is 10.4 Å². The average Bonchev–Trinajstić information content (AvgIpc) is 2.69. The number of hydrogen-bond donors (Lipinski definition) is 3. The van der Waals surface area contributed by atoms with Crippen molar-refractivity contribution in [2.45, 2.75) is 69.9 Å². The van der Waals surface area contributed by atoms with Gasteiger partial charge in [-0.05, 0) is 26.3 Å². The highest BCUT2D eigenvalue weighted by Crippen LogP contribution is 2.37. The van der Waals surface area contributed by atoms with Gasteiger partial charge in [0.1, 0.15) is 11.7 Å². The first-order valence-electron chi connectivity index (χ1n) is 9.78. The number of amides is 1. The average molecular weight is 444 g/mol. The molecule has 1 aliphatic rings. The number of hydrogen-bond acceptors (Lipinski definition) is 9. The minimum absolute atomic E-state index is 0.0905. The first-order chi connectivity index (χ1) is 14.4. The van der Waals surface area contributed by atoms with Crippen LogP contribution >= 0.6 is 0 Å². The van der Waals surface area contributed by atoms with Crippen LogP contribution in [-0.4, -0.2) is 78.3 Å². The second-order valence-corrected chi connectivity index (χ2v) is 8.21. The zero-order valence-electron chi connectivity index (χ0n) is 18.5. The van der Waals surface area contributed by atoms with Crippen molar-refractivity contribution in [3.63, 3.8) is 0 Å². The zero-order chi connectivity index (χ0) is 23.8. The lowest BCUT2D eigenvalue weighted by Gasteiger charge is -2.47.